The number of rotatable bonds is 3. The topological polar surface area (TPSA) is 80.0 Å². The standard InChI is InChI=1S/C13H13FN4O2/c14-9-3-1-2-8(6-9)12-17-11(20-18-12)7-10-13(19)16-5-4-15-10/h1-3,6,10,15H,4-5,7H2,(H,16,19). The number of nitrogens with zero attached hydrogens (tertiary/aromatic N) is 2. The van der Waals surface area contributed by atoms with Crippen LogP contribution < -0.4 is 10.6 Å². The number of hydrogen-bond acceptors (Lipinski definition) is 5. The molecule has 2 heterocycles. The molecule has 0 aliphatic carbocycles. The van der Waals surface area contributed by atoms with E-state index >= 15 is 0 Å². The van der Waals surface area contributed by atoms with E-state index in [0.717, 1.165) is 0 Å². The van der Waals surface area contributed by atoms with Crippen molar-refractivity contribution in [1.82, 2.24) is 20.8 Å². The summed E-state index contributed by atoms with van der Waals surface area (Å²) in [6.07, 6.45) is 0.314. The number of amides is 1. The summed E-state index contributed by atoms with van der Waals surface area (Å²) < 4.78 is 18.2. The second-order valence-corrected chi connectivity index (χ2v) is 4.52. The molecule has 1 aromatic carbocycles. The lowest BCUT2D eigenvalue weighted by Gasteiger charge is -2.21. The number of hydrogen-bond donors (Lipinski definition) is 2. The number of nitrogens with one attached hydrogen (secondary N) is 2. The molecular formula is C13H13FN4O2. The average Bonchev–Trinajstić information content (AvgIpc) is 2.90. The van der Waals surface area contributed by atoms with E-state index in [4.69, 9.17) is 4.52 Å². The highest BCUT2D eigenvalue weighted by atomic mass is 19.1. The van der Waals surface area contributed by atoms with Gasteiger partial charge < -0.3 is 15.2 Å². The number of benzene rings is 1. The molecule has 1 amide bonds. The summed E-state index contributed by atoms with van der Waals surface area (Å²) in [5.74, 6) is 0.221. The maximum absolute atomic E-state index is 13.1. The van der Waals surface area contributed by atoms with Gasteiger partial charge >= 0.3 is 0 Å². The van der Waals surface area contributed by atoms with Crippen LogP contribution in [0.1, 0.15) is 5.89 Å². The molecule has 1 aliphatic rings. The molecule has 1 atom stereocenters. The van der Waals surface area contributed by atoms with E-state index in [1.165, 1.54) is 12.1 Å². The van der Waals surface area contributed by atoms with Crippen LogP contribution in [-0.2, 0) is 11.2 Å². The molecule has 1 unspecified atom stereocenters. The van der Waals surface area contributed by atoms with E-state index in [2.05, 4.69) is 20.8 Å². The lowest BCUT2D eigenvalue weighted by atomic mass is 10.1. The van der Waals surface area contributed by atoms with Gasteiger partial charge in [-0.3, -0.25) is 4.79 Å². The molecule has 104 valence electrons. The third kappa shape index (κ3) is 2.67. The largest absolute Gasteiger partial charge is 0.353 e. The maximum Gasteiger partial charge on any atom is 0.237 e. The Balaban J connectivity index is 1.75. The molecule has 7 heteroatoms. The predicted molar refractivity (Wildman–Crippen MR) is 68.2 cm³/mol. The van der Waals surface area contributed by atoms with E-state index in [1.54, 1.807) is 12.1 Å². The van der Waals surface area contributed by atoms with E-state index < -0.39 is 0 Å². The van der Waals surface area contributed by atoms with Crippen molar-refractivity contribution in [2.24, 2.45) is 0 Å². The Morgan fingerprint density at radius 3 is 3.10 bits per heavy atom. The maximum atomic E-state index is 13.1. The van der Waals surface area contributed by atoms with Gasteiger partial charge in [-0.25, -0.2) is 4.39 Å². The molecule has 1 saturated heterocycles. The molecule has 3 rings (SSSR count). The molecular weight excluding hydrogens is 263 g/mol. The van der Waals surface area contributed by atoms with Crippen LogP contribution in [0.5, 0.6) is 0 Å². The van der Waals surface area contributed by atoms with Gasteiger partial charge in [-0.1, -0.05) is 17.3 Å². The molecule has 1 fully saturated rings. The van der Waals surface area contributed by atoms with Gasteiger partial charge in [0.25, 0.3) is 0 Å². The molecule has 20 heavy (non-hydrogen) atoms. The SMILES string of the molecule is O=C1NCCNC1Cc1nc(-c2cccc(F)c2)no1. The fraction of sp³-hybridized carbons (Fsp3) is 0.308. The van der Waals surface area contributed by atoms with Gasteiger partial charge in [0, 0.05) is 18.7 Å². The average molecular weight is 276 g/mol. The first kappa shape index (κ1) is 12.7. The zero-order valence-corrected chi connectivity index (χ0v) is 10.6. The Morgan fingerprint density at radius 1 is 1.40 bits per heavy atom. The van der Waals surface area contributed by atoms with Crippen molar-refractivity contribution in [2.75, 3.05) is 13.1 Å². The summed E-state index contributed by atoms with van der Waals surface area (Å²) in [6.45, 7) is 1.33. The Labute approximate surface area is 114 Å². The monoisotopic (exact) mass is 276 g/mol. The molecule has 1 aliphatic heterocycles. The highest BCUT2D eigenvalue weighted by molar-refractivity contribution is 5.82. The Bertz CT molecular complexity index is 628. The minimum atomic E-state index is -0.371. The summed E-state index contributed by atoms with van der Waals surface area (Å²) >= 11 is 0. The normalized spacial score (nSPS) is 18.9. The van der Waals surface area contributed by atoms with E-state index in [1.807, 2.05) is 0 Å². The van der Waals surface area contributed by atoms with Gasteiger partial charge in [-0.05, 0) is 12.1 Å². The zero-order valence-electron chi connectivity index (χ0n) is 10.6. The van der Waals surface area contributed by atoms with Crippen molar-refractivity contribution < 1.29 is 13.7 Å². The molecule has 0 radical (unpaired) electrons. The highest BCUT2D eigenvalue weighted by Gasteiger charge is 2.24. The number of piperazine rings is 1. The van der Waals surface area contributed by atoms with Gasteiger partial charge in [0.1, 0.15) is 5.82 Å². The van der Waals surface area contributed by atoms with Gasteiger partial charge in [-0.2, -0.15) is 4.98 Å². The predicted octanol–water partition coefficient (Wildman–Crippen LogP) is 0.506. The van der Waals surface area contributed by atoms with Gasteiger partial charge in [0.05, 0.1) is 12.5 Å². The van der Waals surface area contributed by atoms with Crippen molar-refractivity contribution in [2.45, 2.75) is 12.5 Å². The molecule has 1 aromatic heterocycles. The Hall–Kier alpha value is -2.28. The first-order chi connectivity index (χ1) is 9.72. The minimum Gasteiger partial charge on any atom is -0.353 e. The van der Waals surface area contributed by atoms with Crippen molar-refractivity contribution in [3.63, 3.8) is 0 Å². The molecule has 0 bridgehead atoms. The fourth-order valence-electron chi connectivity index (χ4n) is 2.07. The number of aromatic nitrogens is 2. The molecule has 6 nitrogen and oxygen atoms in total. The van der Waals surface area contributed by atoms with E-state index in [0.29, 0.717) is 36.8 Å². The smallest absolute Gasteiger partial charge is 0.237 e. The lowest BCUT2D eigenvalue weighted by Crippen LogP contribution is -2.53. The van der Waals surface area contributed by atoms with Crippen molar-refractivity contribution in [3.05, 3.63) is 36.0 Å². The highest BCUT2D eigenvalue weighted by Crippen LogP contribution is 2.17. The summed E-state index contributed by atoms with van der Waals surface area (Å²) in [4.78, 5) is 15.8. The second-order valence-electron chi connectivity index (χ2n) is 4.52. The van der Waals surface area contributed by atoms with E-state index in [-0.39, 0.29) is 17.8 Å². The molecule has 0 saturated carbocycles. The van der Waals surface area contributed by atoms with Crippen LogP contribution in [0.15, 0.2) is 28.8 Å². The Kier molecular flexibility index (Phi) is 3.42. The third-order valence-electron chi connectivity index (χ3n) is 3.06. The van der Waals surface area contributed by atoms with Crippen molar-refractivity contribution >= 4 is 5.91 Å². The third-order valence-corrected chi connectivity index (χ3v) is 3.06. The summed E-state index contributed by atoms with van der Waals surface area (Å²) in [5, 5.41) is 9.64. The van der Waals surface area contributed by atoms with Crippen LogP contribution in [0.25, 0.3) is 11.4 Å². The number of carbonyl (C=O) groups excluding carboxylic acids is 1. The van der Waals surface area contributed by atoms with Gasteiger partial charge in [0.2, 0.25) is 17.6 Å². The number of halogens is 1. The van der Waals surface area contributed by atoms with Crippen molar-refractivity contribution in [3.8, 4) is 11.4 Å². The Morgan fingerprint density at radius 2 is 2.30 bits per heavy atom. The first-order valence-electron chi connectivity index (χ1n) is 6.32. The quantitative estimate of drug-likeness (QED) is 0.853. The number of carbonyl (C=O) groups is 1. The molecule has 2 N–H and O–H groups in total. The van der Waals surface area contributed by atoms with Crippen LogP contribution in [0.3, 0.4) is 0 Å². The fourth-order valence-corrected chi connectivity index (χ4v) is 2.07. The van der Waals surface area contributed by atoms with Crippen LogP contribution >= 0.6 is 0 Å². The van der Waals surface area contributed by atoms with Gasteiger partial charge in [-0.15, -0.1) is 0 Å². The van der Waals surface area contributed by atoms with Crippen LogP contribution in [-0.4, -0.2) is 35.2 Å². The van der Waals surface area contributed by atoms with E-state index in [9.17, 15) is 9.18 Å². The lowest BCUT2D eigenvalue weighted by molar-refractivity contribution is -0.124. The zero-order chi connectivity index (χ0) is 13.9. The summed E-state index contributed by atoms with van der Waals surface area (Å²) in [7, 11) is 0. The van der Waals surface area contributed by atoms with Crippen LogP contribution in [0.4, 0.5) is 4.39 Å². The van der Waals surface area contributed by atoms with Crippen molar-refractivity contribution in [1.29, 1.82) is 0 Å². The molecule has 2 aromatic rings. The summed E-state index contributed by atoms with van der Waals surface area (Å²) in [6, 6.07) is 5.59. The van der Waals surface area contributed by atoms with Crippen LogP contribution in [0.2, 0.25) is 0 Å². The summed E-state index contributed by atoms with van der Waals surface area (Å²) in [5.41, 5.74) is 0.543. The minimum absolute atomic E-state index is 0.0817. The second kappa shape index (κ2) is 5.38. The van der Waals surface area contributed by atoms with Crippen LogP contribution in [0, 0.1) is 5.82 Å². The van der Waals surface area contributed by atoms with Gasteiger partial charge in [0.15, 0.2) is 0 Å². The first-order valence-corrected chi connectivity index (χ1v) is 6.32. The molecule has 0 spiro atoms.